The number of hydrogen-bond acceptors (Lipinski definition) is 5. The minimum atomic E-state index is -3.16. The zero-order valence-electron chi connectivity index (χ0n) is 17.3. The normalized spacial score (nSPS) is 11.9. The molecule has 7 nitrogen and oxygen atoms in total. The summed E-state index contributed by atoms with van der Waals surface area (Å²) in [6.07, 6.45) is 4.71. The van der Waals surface area contributed by atoms with Gasteiger partial charge in [0.25, 0.3) is 0 Å². The van der Waals surface area contributed by atoms with E-state index in [-0.39, 0.29) is 0 Å². The van der Waals surface area contributed by atoms with Gasteiger partial charge in [0.05, 0.1) is 18.0 Å². The molecule has 0 saturated carbocycles. The summed E-state index contributed by atoms with van der Waals surface area (Å²) >= 11 is 0. The fraction of sp³-hybridized carbons (Fsp3) is 0.429. The van der Waals surface area contributed by atoms with Gasteiger partial charge in [-0.1, -0.05) is 25.1 Å². The molecule has 29 heavy (non-hydrogen) atoms. The van der Waals surface area contributed by atoms with Crippen molar-refractivity contribution in [1.82, 2.24) is 15.6 Å². The first-order chi connectivity index (χ1) is 13.9. The Balaban J connectivity index is 1.87. The highest BCUT2D eigenvalue weighted by atomic mass is 32.2. The van der Waals surface area contributed by atoms with Crippen LogP contribution in [0.25, 0.3) is 0 Å². The molecule has 0 amide bonds. The summed E-state index contributed by atoms with van der Waals surface area (Å²) < 4.78 is 28.5. The van der Waals surface area contributed by atoms with E-state index in [1.165, 1.54) is 6.26 Å². The van der Waals surface area contributed by atoms with E-state index in [0.717, 1.165) is 36.5 Å². The first-order valence-electron chi connectivity index (χ1n) is 9.81. The highest BCUT2D eigenvalue weighted by Gasteiger charge is 2.06. The second kappa shape index (κ2) is 11.4. The molecule has 0 spiro atoms. The first-order valence-corrected chi connectivity index (χ1v) is 11.7. The molecular formula is C21H30N4O3S. The van der Waals surface area contributed by atoms with Crippen LogP contribution in [-0.2, 0) is 22.8 Å². The fourth-order valence-electron chi connectivity index (χ4n) is 2.54. The molecule has 0 atom stereocenters. The lowest BCUT2D eigenvalue weighted by Gasteiger charge is -2.11. The third-order valence-electron chi connectivity index (χ3n) is 4.07. The van der Waals surface area contributed by atoms with E-state index in [1.807, 2.05) is 31.2 Å². The summed E-state index contributed by atoms with van der Waals surface area (Å²) in [5.41, 5.74) is 2.06. The Morgan fingerprint density at radius 3 is 2.38 bits per heavy atom. The molecule has 0 unspecified atom stereocenters. The van der Waals surface area contributed by atoms with Crippen molar-refractivity contribution in [1.29, 1.82) is 0 Å². The van der Waals surface area contributed by atoms with Crippen LogP contribution in [-0.4, -0.2) is 45.3 Å². The second-order valence-corrected chi connectivity index (χ2v) is 8.66. The number of guanidine groups is 1. The lowest BCUT2D eigenvalue weighted by molar-refractivity contribution is 0.305. The molecular weight excluding hydrogens is 388 g/mol. The second-order valence-electron chi connectivity index (χ2n) is 6.64. The van der Waals surface area contributed by atoms with Crippen LogP contribution in [0.3, 0.4) is 0 Å². The van der Waals surface area contributed by atoms with Gasteiger partial charge in [-0.3, -0.25) is 0 Å². The Labute approximate surface area is 173 Å². The number of hydrogen-bond donors (Lipinski definition) is 2. The molecule has 1 heterocycles. The maximum atomic E-state index is 11.5. The predicted molar refractivity (Wildman–Crippen MR) is 116 cm³/mol. The highest BCUT2D eigenvalue weighted by Crippen LogP contribution is 2.11. The molecule has 0 aliphatic rings. The SMILES string of the molecule is CCCOc1ccc(CN=C(NCC)NCCc2ccc(S(C)(=O)=O)cc2)cn1. The third kappa shape index (κ3) is 8.11. The molecule has 2 aromatic rings. The van der Waals surface area contributed by atoms with Gasteiger partial charge in [0.2, 0.25) is 5.88 Å². The average Bonchev–Trinajstić information content (AvgIpc) is 2.71. The molecule has 0 bridgehead atoms. The van der Waals surface area contributed by atoms with Crippen molar-refractivity contribution in [2.24, 2.45) is 4.99 Å². The number of nitrogens with one attached hydrogen (secondary N) is 2. The number of sulfone groups is 1. The summed E-state index contributed by atoms with van der Waals surface area (Å²) in [4.78, 5) is 9.22. The molecule has 0 aliphatic carbocycles. The Morgan fingerprint density at radius 1 is 1.07 bits per heavy atom. The van der Waals surface area contributed by atoms with Crippen LogP contribution < -0.4 is 15.4 Å². The molecule has 0 aliphatic heterocycles. The quantitative estimate of drug-likeness (QED) is 0.455. The Morgan fingerprint density at radius 2 is 1.79 bits per heavy atom. The Bertz CT molecular complexity index is 879. The van der Waals surface area contributed by atoms with Crippen LogP contribution in [0.4, 0.5) is 0 Å². The number of aliphatic imine (C=N–C) groups is 1. The largest absolute Gasteiger partial charge is 0.478 e. The number of nitrogens with zero attached hydrogens (tertiary/aromatic N) is 2. The van der Waals surface area contributed by atoms with Crippen molar-refractivity contribution in [2.75, 3.05) is 26.0 Å². The maximum Gasteiger partial charge on any atom is 0.213 e. The van der Waals surface area contributed by atoms with Crippen molar-refractivity contribution in [3.63, 3.8) is 0 Å². The molecule has 2 N–H and O–H groups in total. The molecule has 0 fully saturated rings. The zero-order chi connectivity index (χ0) is 21.1. The van der Waals surface area contributed by atoms with Crippen LogP contribution >= 0.6 is 0 Å². The molecule has 2 rings (SSSR count). The van der Waals surface area contributed by atoms with Gasteiger partial charge in [-0.2, -0.15) is 0 Å². The van der Waals surface area contributed by atoms with E-state index in [2.05, 4.69) is 27.5 Å². The van der Waals surface area contributed by atoms with Gasteiger partial charge in [0.15, 0.2) is 15.8 Å². The van der Waals surface area contributed by atoms with Crippen molar-refractivity contribution in [3.8, 4) is 5.88 Å². The summed E-state index contributed by atoms with van der Waals surface area (Å²) in [5, 5.41) is 6.52. The molecule has 8 heteroatoms. The summed E-state index contributed by atoms with van der Waals surface area (Å²) in [6.45, 7) is 6.70. The van der Waals surface area contributed by atoms with Crippen LogP contribution in [0.15, 0.2) is 52.5 Å². The van der Waals surface area contributed by atoms with Crippen LogP contribution in [0, 0.1) is 0 Å². The Hall–Kier alpha value is -2.61. The van der Waals surface area contributed by atoms with Gasteiger partial charge in [0.1, 0.15) is 0 Å². The lowest BCUT2D eigenvalue weighted by atomic mass is 10.1. The first kappa shape index (κ1) is 22.7. The summed E-state index contributed by atoms with van der Waals surface area (Å²) in [6, 6.07) is 10.8. The van der Waals surface area contributed by atoms with Crippen LogP contribution in [0.1, 0.15) is 31.4 Å². The van der Waals surface area contributed by atoms with E-state index in [9.17, 15) is 8.42 Å². The van der Waals surface area contributed by atoms with Crippen molar-refractivity contribution < 1.29 is 13.2 Å². The highest BCUT2D eigenvalue weighted by molar-refractivity contribution is 7.90. The van der Waals surface area contributed by atoms with E-state index in [4.69, 9.17) is 4.74 Å². The molecule has 0 saturated heterocycles. The molecule has 158 valence electrons. The number of ether oxygens (including phenoxy) is 1. The van der Waals surface area contributed by atoms with Crippen LogP contribution in [0.5, 0.6) is 5.88 Å². The van der Waals surface area contributed by atoms with Crippen molar-refractivity contribution in [2.45, 2.75) is 38.1 Å². The van der Waals surface area contributed by atoms with Crippen molar-refractivity contribution in [3.05, 3.63) is 53.7 Å². The maximum absolute atomic E-state index is 11.5. The number of pyridine rings is 1. The van der Waals surface area contributed by atoms with E-state index < -0.39 is 9.84 Å². The van der Waals surface area contributed by atoms with Crippen molar-refractivity contribution >= 4 is 15.8 Å². The summed E-state index contributed by atoms with van der Waals surface area (Å²) in [5.74, 6) is 1.36. The monoisotopic (exact) mass is 418 g/mol. The molecule has 0 radical (unpaired) electrons. The van der Waals surface area contributed by atoms with E-state index in [1.54, 1.807) is 18.3 Å². The number of rotatable bonds is 10. The minimum Gasteiger partial charge on any atom is -0.478 e. The van der Waals surface area contributed by atoms with Crippen LogP contribution in [0.2, 0.25) is 0 Å². The van der Waals surface area contributed by atoms with Gasteiger partial charge < -0.3 is 15.4 Å². The lowest BCUT2D eigenvalue weighted by Crippen LogP contribution is -2.38. The predicted octanol–water partition coefficient (Wildman–Crippen LogP) is 2.57. The fourth-order valence-corrected chi connectivity index (χ4v) is 3.17. The topological polar surface area (TPSA) is 92.7 Å². The van der Waals surface area contributed by atoms with Gasteiger partial charge in [-0.15, -0.1) is 0 Å². The smallest absolute Gasteiger partial charge is 0.213 e. The van der Waals surface area contributed by atoms with E-state index in [0.29, 0.717) is 30.5 Å². The number of benzene rings is 1. The third-order valence-corrected chi connectivity index (χ3v) is 5.20. The number of aromatic nitrogens is 1. The van der Waals surface area contributed by atoms with E-state index >= 15 is 0 Å². The minimum absolute atomic E-state index is 0.337. The molecule has 1 aromatic heterocycles. The standard InChI is InChI=1S/C21H30N4O3S/c1-4-14-28-20-11-8-18(15-24-20)16-25-21(22-5-2)23-13-12-17-6-9-19(10-7-17)29(3,26)27/h6-11,15H,4-5,12-14,16H2,1-3H3,(H2,22,23,25). The average molecular weight is 419 g/mol. The van der Waals surface area contributed by atoms with Gasteiger partial charge in [-0.25, -0.2) is 18.4 Å². The zero-order valence-corrected chi connectivity index (χ0v) is 18.1. The van der Waals surface area contributed by atoms with Gasteiger partial charge >= 0.3 is 0 Å². The van der Waals surface area contributed by atoms with Gasteiger partial charge in [0, 0.05) is 31.6 Å². The van der Waals surface area contributed by atoms with Gasteiger partial charge in [-0.05, 0) is 43.0 Å². The summed E-state index contributed by atoms with van der Waals surface area (Å²) in [7, 11) is -3.16. The molecule has 1 aromatic carbocycles. The Kier molecular flexibility index (Phi) is 8.92.